The Kier molecular flexibility index (Phi) is 8.55. The van der Waals surface area contributed by atoms with Gasteiger partial charge in [-0.3, -0.25) is 0 Å². The van der Waals surface area contributed by atoms with E-state index in [4.69, 9.17) is 5.11 Å². The van der Waals surface area contributed by atoms with Gasteiger partial charge in [-0.15, -0.1) is 0 Å². The molecule has 0 amide bonds. The predicted molar refractivity (Wildman–Crippen MR) is 90.2 cm³/mol. The molecule has 4 heteroatoms. The Morgan fingerprint density at radius 3 is 2.41 bits per heavy atom. The van der Waals surface area contributed by atoms with Crippen molar-refractivity contribution in [1.29, 1.82) is 0 Å². The van der Waals surface area contributed by atoms with E-state index in [0.717, 1.165) is 13.1 Å². The number of anilines is 1. The van der Waals surface area contributed by atoms with Gasteiger partial charge in [0.25, 0.3) is 0 Å². The molecule has 2 fully saturated rings. The Bertz CT molecular complexity index is 415. The van der Waals surface area contributed by atoms with E-state index in [1.165, 1.54) is 45.8 Å². The number of alkyl halides is 2. The molecule has 22 heavy (non-hydrogen) atoms. The summed E-state index contributed by atoms with van der Waals surface area (Å²) >= 11 is 0.570. The van der Waals surface area contributed by atoms with Crippen molar-refractivity contribution in [3.05, 3.63) is 29.8 Å². The van der Waals surface area contributed by atoms with E-state index in [1.54, 1.807) is 0 Å². The van der Waals surface area contributed by atoms with Crippen LogP contribution in [0.3, 0.4) is 0 Å². The van der Waals surface area contributed by atoms with Gasteiger partial charge in [0, 0.05) is 11.7 Å². The minimum atomic E-state index is 0.434. The van der Waals surface area contributed by atoms with Crippen LogP contribution in [0.5, 0.6) is 0 Å². The molecular formula is C18H30IN2O-. The van der Waals surface area contributed by atoms with Gasteiger partial charge < -0.3 is 10.6 Å². The fraction of sp³-hybridized carbons (Fsp3) is 0.667. The van der Waals surface area contributed by atoms with Crippen molar-refractivity contribution in [2.45, 2.75) is 38.6 Å². The predicted octanol–water partition coefficient (Wildman–Crippen LogP) is -0.363. The number of hydrogen-bond acceptors (Lipinski definition) is 3. The molecule has 0 aliphatic carbocycles. The number of aliphatic hydroxyl groups excluding tert-OH is 1. The number of rotatable bonds is 3. The number of nitrogens with one attached hydrogen (secondary N) is 2. The van der Waals surface area contributed by atoms with E-state index in [-0.39, 0.29) is 0 Å². The third-order valence-corrected chi connectivity index (χ3v) is 7.18. The summed E-state index contributed by atoms with van der Waals surface area (Å²) in [6, 6.07) is 9.15. The SMILES string of the molecule is Cc1ccccc1NC1CCNCC1.OCC1CC[I-]CC1. The molecule has 2 aliphatic rings. The summed E-state index contributed by atoms with van der Waals surface area (Å²) < 4.78 is 2.90. The van der Waals surface area contributed by atoms with E-state index in [0.29, 0.717) is 39.8 Å². The average molecular weight is 417 g/mol. The molecule has 2 aliphatic heterocycles. The summed E-state index contributed by atoms with van der Waals surface area (Å²) in [7, 11) is 0. The Morgan fingerprint density at radius 1 is 1.14 bits per heavy atom. The molecule has 0 saturated carbocycles. The first kappa shape index (κ1) is 18.0. The van der Waals surface area contributed by atoms with Gasteiger partial charge in [0.15, 0.2) is 0 Å². The van der Waals surface area contributed by atoms with E-state index in [2.05, 4.69) is 41.8 Å². The zero-order valence-electron chi connectivity index (χ0n) is 13.7. The molecule has 0 atom stereocenters. The van der Waals surface area contributed by atoms with Gasteiger partial charge in [0.2, 0.25) is 0 Å². The molecule has 1 aromatic carbocycles. The zero-order valence-corrected chi connectivity index (χ0v) is 15.8. The van der Waals surface area contributed by atoms with Gasteiger partial charge in [0.05, 0.1) is 0 Å². The van der Waals surface area contributed by atoms with Crippen molar-refractivity contribution in [2.75, 3.05) is 33.9 Å². The third kappa shape index (κ3) is 6.42. The molecule has 0 bridgehead atoms. The van der Waals surface area contributed by atoms with Crippen LogP contribution in [-0.2, 0) is 0 Å². The number of aryl methyl sites for hydroxylation is 1. The molecule has 0 aromatic heterocycles. The molecule has 0 unspecified atom stereocenters. The molecule has 3 rings (SSSR count). The molecule has 0 spiro atoms. The molecular weight excluding hydrogens is 387 g/mol. The monoisotopic (exact) mass is 417 g/mol. The number of benzene rings is 1. The first-order chi connectivity index (χ1) is 10.8. The summed E-state index contributed by atoms with van der Waals surface area (Å²) in [5.74, 6) is 0.670. The van der Waals surface area contributed by atoms with Crippen molar-refractivity contribution < 1.29 is 26.3 Å². The van der Waals surface area contributed by atoms with Crippen LogP contribution in [0.25, 0.3) is 0 Å². The number of hydrogen-bond donors (Lipinski definition) is 3. The number of piperidine rings is 1. The summed E-state index contributed by atoms with van der Waals surface area (Å²) in [6.45, 7) is 4.88. The van der Waals surface area contributed by atoms with Crippen molar-refractivity contribution in [3.8, 4) is 0 Å². The van der Waals surface area contributed by atoms with Gasteiger partial charge in [0.1, 0.15) is 0 Å². The van der Waals surface area contributed by atoms with Crippen molar-refractivity contribution in [2.24, 2.45) is 5.92 Å². The standard InChI is InChI=1S/C12H18N2.C6H12IO/c1-10-4-2-3-5-12(10)14-11-6-8-13-9-7-11;8-5-6-1-3-7-4-2-6/h2-5,11,13-14H,6-9H2,1H3;6,8H,1-5H2/q;-1. The van der Waals surface area contributed by atoms with Crippen LogP contribution >= 0.6 is 0 Å². The van der Waals surface area contributed by atoms with Gasteiger partial charge in [-0.25, -0.2) is 0 Å². The molecule has 3 nitrogen and oxygen atoms in total. The summed E-state index contributed by atoms with van der Waals surface area (Å²) in [4.78, 5) is 0. The molecule has 2 saturated heterocycles. The van der Waals surface area contributed by atoms with Crippen LogP contribution in [0.1, 0.15) is 31.2 Å². The zero-order chi connectivity index (χ0) is 15.6. The Hall–Kier alpha value is -0.330. The van der Waals surface area contributed by atoms with Gasteiger partial charge in [-0.05, 0) is 44.5 Å². The second-order valence-corrected chi connectivity index (χ2v) is 9.41. The first-order valence-electron chi connectivity index (χ1n) is 8.47. The van der Waals surface area contributed by atoms with Gasteiger partial charge in [-0.2, -0.15) is 0 Å². The molecule has 0 radical (unpaired) electrons. The van der Waals surface area contributed by atoms with Crippen molar-refractivity contribution >= 4 is 5.69 Å². The van der Waals surface area contributed by atoms with Crippen molar-refractivity contribution in [3.63, 3.8) is 0 Å². The number of para-hydroxylation sites is 1. The quantitative estimate of drug-likeness (QED) is 0.465. The molecule has 1 aromatic rings. The maximum absolute atomic E-state index is 8.70. The summed E-state index contributed by atoms with van der Waals surface area (Å²) in [5.41, 5.74) is 2.63. The van der Waals surface area contributed by atoms with Crippen LogP contribution in [0, 0.1) is 12.8 Å². The van der Waals surface area contributed by atoms with Crippen molar-refractivity contribution in [1.82, 2.24) is 5.32 Å². The molecule has 126 valence electrons. The molecule has 3 N–H and O–H groups in total. The first-order valence-corrected chi connectivity index (χ1v) is 11.5. The average Bonchev–Trinajstić information content (AvgIpc) is 2.59. The minimum absolute atomic E-state index is 0.434. The van der Waals surface area contributed by atoms with Crippen LogP contribution in [-0.4, -0.2) is 39.7 Å². The van der Waals surface area contributed by atoms with Gasteiger partial charge in [-0.1, -0.05) is 18.2 Å². The Morgan fingerprint density at radius 2 is 1.82 bits per heavy atom. The fourth-order valence-corrected chi connectivity index (χ4v) is 5.99. The molecule has 2 heterocycles. The number of aliphatic hydroxyl groups is 1. The van der Waals surface area contributed by atoms with Crippen LogP contribution < -0.4 is 31.8 Å². The second kappa shape index (κ2) is 10.4. The van der Waals surface area contributed by atoms with E-state index >= 15 is 0 Å². The van der Waals surface area contributed by atoms with Crippen LogP contribution in [0.15, 0.2) is 24.3 Å². The Labute approximate surface area is 145 Å². The van der Waals surface area contributed by atoms with E-state index in [9.17, 15) is 0 Å². The normalized spacial score (nSPS) is 20.5. The topological polar surface area (TPSA) is 44.3 Å². The van der Waals surface area contributed by atoms with Crippen LogP contribution in [0.2, 0.25) is 0 Å². The Balaban J connectivity index is 0.000000188. The summed E-state index contributed by atoms with van der Waals surface area (Å²) in [6.07, 6.45) is 5.08. The maximum atomic E-state index is 8.70. The van der Waals surface area contributed by atoms with Crippen LogP contribution in [0.4, 0.5) is 5.69 Å². The summed E-state index contributed by atoms with van der Waals surface area (Å²) in [5, 5.41) is 15.7. The third-order valence-electron chi connectivity index (χ3n) is 4.40. The van der Waals surface area contributed by atoms with E-state index in [1.807, 2.05) is 0 Å². The fourth-order valence-electron chi connectivity index (χ4n) is 2.81. The van der Waals surface area contributed by atoms with Gasteiger partial charge >= 0.3 is 60.5 Å². The number of halogens is 1. The second-order valence-electron chi connectivity index (χ2n) is 6.18. The van der Waals surface area contributed by atoms with E-state index < -0.39 is 0 Å².